The molecule has 1 saturated heterocycles. The molecule has 0 aromatic heterocycles. The van der Waals surface area contributed by atoms with E-state index in [1.54, 1.807) is 0 Å². The Morgan fingerprint density at radius 1 is 1.40 bits per heavy atom. The van der Waals surface area contributed by atoms with E-state index in [0.717, 1.165) is 31.6 Å². The summed E-state index contributed by atoms with van der Waals surface area (Å²) in [6.07, 6.45) is 3.33. The number of rotatable bonds is 6. The Kier molecular flexibility index (Phi) is 5.87. The lowest BCUT2D eigenvalue weighted by Gasteiger charge is -2.28. The van der Waals surface area contributed by atoms with Gasteiger partial charge in [-0.3, -0.25) is 4.79 Å². The van der Waals surface area contributed by atoms with Gasteiger partial charge in [0.2, 0.25) is 5.91 Å². The van der Waals surface area contributed by atoms with Crippen LogP contribution in [0.4, 0.5) is 0 Å². The molecule has 0 spiro atoms. The molecule has 0 radical (unpaired) electrons. The van der Waals surface area contributed by atoms with Crippen molar-refractivity contribution in [1.82, 2.24) is 10.6 Å². The van der Waals surface area contributed by atoms with Gasteiger partial charge in [0.15, 0.2) is 0 Å². The summed E-state index contributed by atoms with van der Waals surface area (Å²) in [7, 11) is 0. The molecule has 1 amide bonds. The molecule has 1 aliphatic heterocycles. The standard InChI is InChI=1S/C16H24N2O2/c1-13-12-14(9-10-17-13)18-16(19)8-5-11-20-15-6-3-2-4-7-15/h2-4,6-7,13-14,17H,5,8-12H2,1H3,(H,18,19). The smallest absolute Gasteiger partial charge is 0.220 e. The lowest BCUT2D eigenvalue weighted by atomic mass is 10.0. The van der Waals surface area contributed by atoms with Crippen LogP contribution in [0.15, 0.2) is 30.3 Å². The van der Waals surface area contributed by atoms with E-state index < -0.39 is 0 Å². The van der Waals surface area contributed by atoms with E-state index in [9.17, 15) is 4.79 Å². The molecular formula is C16H24N2O2. The van der Waals surface area contributed by atoms with Crippen molar-refractivity contribution in [3.8, 4) is 5.75 Å². The molecule has 0 saturated carbocycles. The third-order valence-corrected chi connectivity index (χ3v) is 3.55. The van der Waals surface area contributed by atoms with Gasteiger partial charge < -0.3 is 15.4 Å². The number of benzene rings is 1. The van der Waals surface area contributed by atoms with Crippen LogP contribution in [-0.4, -0.2) is 31.1 Å². The summed E-state index contributed by atoms with van der Waals surface area (Å²) in [5.74, 6) is 1.00. The summed E-state index contributed by atoms with van der Waals surface area (Å²) in [4.78, 5) is 11.8. The van der Waals surface area contributed by atoms with Gasteiger partial charge in [0.25, 0.3) is 0 Å². The molecule has 20 heavy (non-hydrogen) atoms. The number of hydrogen-bond donors (Lipinski definition) is 2. The minimum Gasteiger partial charge on any atom is -0.494 e. The summed E-state index contributed by atoms with van der Waals surface area (Å²) >= 11 is 0. The molecule has 2 N–H and O–H groups in total. The first-order chi connectivity index (χ1) is 9.74. The fourth-order valence-electron chi connectivity index (χ4n) is 2.50. The highest BCUT2D eigenvalue weighted by Gasteiger charge is 2.19. The van der Waals surface area contributed by atoms with Crippen molar-refractivity contribution < 1.29 is 9.53 Å². The maximum absolute atomic E-state index is 11.8. The number of nitrogens with one attached hydrogen (secondary N) is 2. The molecule has 2 rings (SSSR count). The number of para-hydroxylation sites is 1. The summed E-state index contributed by atoms with van der Waals surface area (Å²) in [5.41, 5.74) is 0. The Labute approximate surface area is 120 Å². The first-order valence-corrected chi connectivity index (χ1v) is 7.44. The maximum atomic E-state index is 11.8. The van der Waals surface area contributed by atoms with Gasteiger partial charge in [-0.05, 0) is 44.9 Å². The number of hydrogen-bond acceptors (Lipinski definition) is 3. The highest BCUT2D eigenvalue weighted by Crippen LogP contribution is 2.10. The van der Waals surface area contributed by atoms with Gasteiger partial charge in [0.05, 0.1) is 6.61 Å². The first kappa shape index (κ1) is 14.9. The van der Waals surface area contributed by atoms with E-state index in [2.05, 4.69) is 17.6 Å². The number of carbonyl (C=O) groups excluding carboxylic acids is 1. The molecule has 4 nitrogen and oxygen atoms in total. The van der Waals surface area contributed by atoms with E-state index in [4.69, 9.17) is 4.74 Å². The number of carbonyl (C=O) groups is 1. The maximum Gasteiger partial charge on any atom is 0.220 e. The summed E-state index contributed by atoms with van der Waals surface area (Å²) in [6, 6.07) is 10.5. The van der Waals surface area contributed by atoms with Gasteiger partial charge in [-0.1, -0.05) is 18.2 Å². The molecule has 110 valence electrons. The summed E-state index contributed by atoms with van der Waals surface area (Å²) in [5, 5.41) is 6.50. The zero-order valence-electron chi connectivity index (χ0n) is 12.1. The van der Waals surface area contributed by atoms with Crippen LogP contribution in [0.2, 0.25) is 0 Å². The molecule has 0 bridgehead atoms. The van der Waals surface area contributed by atoms with Gasteiger partial charge in [-0.2, -0.15) is 0 Å². The Balaban J connectivity index is 1.58. The van der Waals surface area contributed by atoms with Crippen LogP contribution in [0.1, 0.15) is 32.6 Å². The number of piperidine rings is 1. The van der Waals surface area contributed by atoms with Gasteiger partial charge >= 0.3 is 0 Å². The number of ether oxygens (including phenoxy) is 1. The Morgan fingerprint density at radius 3 is 2.95 bits per heavy atom. The van der Waals surface area contributed by atoms with Crippen LogP contribution in [0.25, 0.3) is 0 Å². The number of amides is 1. The highest BCUT2D eigenvalue weighted by atomic mass is 16.5. The van der Waals surface area contributed by atoms with Gasteiger partial charge in [-0.15, -0.1) is 0 Å². The second-order valence-corrected chi connectivity index (χ2v) is 5.41. The molecular weight excluding hydrogens is 252 g/mol. The van der Waals surface area contributed by atoms with E-state index in [0.29, 0.717) is 25.1 Å². The lowest BCUT2D eigenvalue weighted by Crippen LogP contribution is -2.46. The molecule has 2 atom stereocenters. The quantitative estimate of drug-likeness (QED) is 0.782. The third-order valence-electron chi connectivity index (χ3n) is 3.55. The zero-order valence-corrected chi connectivity index (χ0v) is 12.1. The molecule has 1 fully saturated rings. The van der Waals surface area contributed by atoms with Crippen molar-refractivity contribution in [3.05, 3.63) is 30.3 Å². The average Bonchev–Trinajstić information content (AvgIpc) is 2.45. The monoisotopic (exact) mass is 276 g/mol. The van der Waals surface area contributed by atoms with Crippen molar-refractivity contribution in [2.75, 3.05) is 13.2 Å². The minimum absolute atomic E-state index is 0.140. The van der Waals surface area contributed by atoms with E-state index >= 15 is 0 Å². The predicted octanol–water partition coefficient (Wildman–Crippen LogP) is 2.10. The molecule has 1 aliphatic rings. The second kappa shape index (κ2) is 7.90. The largest absolute Gasteiger partial charge is 0.494 e. The third kappa shape index (κ3) is 5.21. The van der Waals surface area contributed by atoms with E-state index in [-0.39, 0.29) is 5.91 Å². The summed E-state index contributed by atoms with van der Waals surface area (Å²) in [6.45, 7) is 3.73. The zero-order chi connectivity index (χ0) is 14.2. The van der Waals surface area contributed by atoms with Crippen LogP contribution in [-0.2, 0) is 4.79 Å². The van der Waals surface area contributed by atoms with Crippen molar-refractivity contribution in [2.45, 2.75) is 44.7 Å². The second-order valence-electron chi connectivity index (χ2n) is 5.41. The van der Waals surface area contributed by atoms with Gasteiger partial charge in [0.1, 0.15) is 5.75 Å². The van der Waals surface area contributed by atoms with E-state index in [1.807, 2.05) is 30.3 Å². The Morgan fingerprint density at radius 2 is 2.20 bits per heavy atom. The van der Waals surface area contributed by atoms with Crippen molar-refractivity contribution in [3.63, 3.8) is 0 Å². The van der Waals surface area contributed by atoms with Crippen LogP contribution < -0.4 is 15.4 Å². The molecule has 1 heterocycles. The lowest BCUT2D eigenvalue weighted by molar-refractivity contribution is -0.122. The topological polar surface area (TPSA) is 50.4 Å². The SMILES string of the molecule is CC1CC(NC(=O)CCCOc2ccccc2)CCN1. The van der Waals surface area contributed by atoms with Crippen LogP contribution in [0.3, 0.4) is 0 Å². The fraction of sp³-hybridized carbons (Fsp3) is 0.562. The van der Waals surface area contributed by atoms with E-state index in [1.165, 1.54) is 0 Å². The Bertz CT molecular complexity index is 408. The fourth-order valence-corrected chi connectivity index (χ4v) is 2.50. The van der Waals surface area contributed by atoms with Gasteiger partial charge in [0, 0.05) is 18.5 Å². The molecule has 4 heteroatoms. The van der Waals surface area contributed by atoms with Crippen molar-refractivity contribution >= 4 is 5.91 Å². The molecule has 1 aromatic carbocycles. The van der Waals surface area contributed by atoms with Crippen molar-refractivity contribution in [2.24, 2.45) is 0 Å². The minimum atomic E-state index is 0.140. The predicted molar refractivity (Wildman–Crippen MR) is 79.8 cm³/mol. The molecule has 2 unspecified atom stereocenters. The van der Waals surface area contributed by atoms with Crippen LogP contribution in [0.5, 0.6) is 5.75 Å². The van der Waals surface area contributed by atoms with Crippen LogP contribution >= 0.6 is 0 Å². The molecule has 1 aromatic rings. The molecule has 0 aliphatic carbocycles. The van der Waals surface area contributed by atoms with Crippen molar-refractivity contribution in [1.29, 1.82) is 0 Å². The first-order valence-electron chi connectivity index (χ1n) is 7.44. The highest BCUT2D eigenvalue weighted by molar-refractivity contribution is 5.76. The van der Waals surface area contributed by atoms with Crippen LogP contribution in [0, 0.1) is 0 Å². The summed E-state index contributed by atoms with van der Waals surface area (Å²) < 4.78 is 5.57. The Hall–Kier alpha value is -1.55. The normalized spacial score (nSPS) is 22.2. The van der Waals surface area contributed by atoms with Gasteiger partial charge in [-0.25, -0.2) is 0 Å². The average molecular weight is 276 g/mol.